The first-order valence-electron chi connectivity index (χ1n) is 2.52. The molecule has 0 amide bonds. The van der Waals surface area contributed by atoms with E-state index in [2.05, 4.69) is 0 Å². The fourth-order valence-electron chi connectivity index (χ4n) is 0.282. The molecule has 4 nitrogen and oxygen atoms in total. The van der Waals surface area contributed by atoms with Gasteiger partial charge in [0.2, 0.25) is 0 Å². The average Bonchev–Trinajstić information content (AvgIpc) is 1.63. The largest absolute Gasteiger partial charge is 1.00 e. The number of aliphatic carboxylic acids is 1. The molecule has 0 aromatic carbocycles. The maximum absolute atomic E-state index is 9.91. The van der Waals surface area contributed by atoms with Gasteiger partial charge < -0.3 is 14.9 Å². The van der Waals surface area contributed by atoms with E-state index < -0.39 is 13.0 Å². The maximum Gasteiger partial charge on any atom is 1.00 e. The monoisotopic (exact) mass is 208 g/mol. The van der Waals surface area contributed by atoms with Gasteiger partial charge in [0.1, 0.15) is 0 Å². The van der Waals surface area contributed by atoms with Gasteiger partial charge in [0.05, 0.1) is 0 Å². The molecule has 0 bridgehead atoms. The van der Waals surface area contributed by atoms with Crippen LogP contribution in [0.5, 0.6) is 0 Å². The van der Waals surface area contributed by atoms with Gasteiger partial charge in [0, 0.05) is 0 Å². The molecule has 0 unspecified atom stereocenters. The molecule has 0 aliphatic rings. The predicted molar refractivity (Wildman–Crippen MR) is 33.5 cm³/mol. The number of carboxylic acids is 1. The smallest absolute Gasteiger partial charge is 0.502 e. The van der Waals surface area contributed by atoms with Crippen LogP contribution in [0.2, 0.25) is 6.82 Å². The maximum atomic E-state index is 9.91. The summed E-state index contributed by atoms with van der Waals surface area (Å²) in [5.41, 5.74) is 0. The molecule has 0 spiro atoms. The van der Waals surface area contributed by atoms with Crippen molar-refractivity contribution >= 4 is 13.0 Å². The summed E-state index contributed by atoms with van der Waals surface area (Å²) in [6, 6.07) is 0. The van der Waals surface area contributed by atoms with Gasteiger partial charge in [-0.2, -0.15) is 0 Å². The number of likely N-dealkylation sites (N-methyl/N-ethyl adjacent to an activating group) is 1. The molecule has 7 heteroatoms. The summed E-state index contributed by atoms with van der Waals surface area (Å²) in [6.07, 6.45) is 0. The molecular weight excluding hydrogens is 199 g/mol. The van der Waals surface area contributed by atoms with E-state index in [1.807, 2.05) is 0 Å². The third-order valence-corrected chi connectivity index (χ3v) is 0.903. The molecular formula is C4H9BK2NO3+. The summed E-state index contributed by atoms with van der Waals surface area (Å²) in [7, 11) is 0.736. The molecule has 0 aliphatic heterocycles. The van der Waals surface area contributed by atoms with Crippen LogP contribution >= 0.6 is 0 Å². The zero-order valence-electron chi connectivity index (χ0n) is 7.40. The summed E-state index contributed by atoms with van der Waals surface area (Å²) in [6.45, 7) is 2.39. The van der Waals surface area contributed by atoms with Crippen molar-refractivity contribution in [3.8, 4) is 0 Å². The molecule has 0 radical (unpaired) electrons. The first kappa shape index (κ1) is 19.2. The number of rotatable bonds is 3. The quantitative estimate of drug-likeness (QED) is 0.357. The van der Waals surface area contributed by atoms with Crippen LogP contribution in [0.3, 0.4) is 0 Å². The Morgan fingerprint density at radius 3 is 2.00 bits per heavy atom. The zero-order chi connectivity index (χ0) is 7.44. The zero-order valence-corrected chi connectivity index (χ0v) is 13.7. The van der Waals surface area contributed by atoms with Gasteiger partial charge in [0.15, 0.2) is 5.97 Å². The molecule has 0 rings (SSSR count). The molecule has 0 fully saturated rings. The third kappa shape index (κ3) is 12.6. The van der Waals surface area contributed by atoms with E-state index >= 15 is 0 Å². The Morgan fingerprint density at radius 2 is 1.91 bits per heavy atom. The van der Waals surface area contributed by atoms with Gasteiger partial charge in [-0.15, -0.1) is 0 Å². The Balaban J connectivity index is -0.000000320. The number of nitrogens with zero attached hydrogens (tertiary/aromatic N) is 1. The summed E-state index contributed by atoms with van der Waals surface area (Å²) < 4.78 is 0. The van der Waals surface area contributed by atoms with E-state index in [0.717, 1.165) is 6.54 Å². The van der Waals surface area contributed by atoms with E-state index in [4.69, 9.17) is 10.1 Å². The van der Waals surface area contributed by atoms with Crippen molar-refractivity contribution in [3.63, 3.8) is 0 Å². The van der Waals surface area contributed by atoms with E-state index in [1.165, 1.54) is 18.7 Å². The first-order chi connectivity index (χ1) is 4.04. The predicted octanol–water partition coefficient (Wildman–Crippen LogP) is -6.72. The second-order valence-electron chi connectivity index (χ2n) is 1.76. The summed E-state index contributed by atoms with van der Waals surface area (Å²) in [5.74, 6) is -1.06. The molecule has 0 heterocycles. The van der Waals surface area contributed by atoms with Crippen LogP contribution in [0, 0.1) is 6.54 Å². The molecule has 0 saturated heterocycles. The van der Waals surface area contributed by atoms with Crippen molar-refractivity contribution in [3.05, 3.63) is 6.54 Å². The minimum atomic E-state index is -1.06. The molecule has 0 atom stereocenters. The van der Waals surface area contributed by atoms with Crippen LogP contribution in [-0.2, 0) is 4.79 Å². The molecule has 11 heavy (non-hydrogen) atoms. The van der Waals surface area contributed by atoms with Crippen LogP contribution in [0.25, 0.3) is 0 Å². The fourth-order valence-corrected chi connectivity index (χ4v) is 0.282. The van der Waals surface area contributed by atoms with Crippen LogP contribution in [-0.4, -0.2) is 35.0 Å². The Hall–Kier alpha value is 2.60. The van der Waals surface area contributed by atoms with Crippen molar-refractivity contribution in [2.24, 2.45) is 0 Å². The third-order valence-electron chi connectivity index (χ3n) is 0.903. The number of carbonyl (C=O) groups is 1. The topological polar surface area (TPSA) is 60.8 Å². The molecule has 0 aliphatic carbocycles. The van der Waals surface area contributed by atoms with E-state index in [-0.39, 0.29) is 103 Å². The Morgan fingerprint density at radius 1 is 1.55 bits per heavy atom. The van der Waals surface area contributed by atoms with Crippen LogP contribution < -0.4 is 103 Å². The summed E-state index contributed by atoms with van der Waals surface area (Å²) in [5, 5.41) is 16.8. The van der Waals surface area contributed by atoms with Gasteiger partial charge in [-0.25, -0.2) is 6.54 Å². The second kappa shape index (κ2) is 10.7. The SMILES string of the molecule is CB(O)N(C)[CH-]C(=O)O.[K+].[K+]. The van der Waals surface area contributed by atoms with Crippen LogP contribution in [0.1, 0.15) is 0 Å². The molecule has 0 aromatic rings. The van der Waals surface area contributed by atoms with Gasteiger partial charge in [-0.1, -0.05) is 0 Å². The molecule has 52 valence electrons. The normalized spacial score (nSPS) is 7.64. The van der Waals surface area contributed by atoms with Gasteiger partial charge in [-0.3, -0.25) is 4.79 Å². The Kier molecular flexibility index (Phi) is 18.7. The second-order valence-corrected chi connectivity index (χ2v) is 1.76. The van der Waals surface area contributed by atoms with Crippen molar-refractivity contribution in [2.75, 3.05) is 7.05 Å². The number of hydrogen-bond donors (Lipinski definition) is 2. The van der Waals surface area contributed by atoms with Crippen molar-refractivity contribution in [2.45, 2.75) is 6.82 Å². The average molecular weight is 208 g/mol. The Bertz CT molecular complexity index is 114. The van der Waals surface area contributed by atoms with E-state index in [0.29, 0.717) is 0 Å². The standard InChI is InChI=1S/C4H9BNO3.2K/c1-5(9)6(2)3-4(7)8;;/h3,9H,1-2H3,(H,7,8);;/q-1;2*+1. The molecule has 2 N–H and O–H groups in total. The van der Waals surface area contributed by atoms with E-state index in [9.17, 15) is 4.79 Å². The van der Waals surface area contributed by atoms with Crippen LogP contribution in [0.4, 0.5) is 0 Å². The van der Waals surface area contributed by atoms with Crippen molar-refractivity contribution < 1.29 is 118 Å². The minimum Gasteiger partial charge on any atom is -0.502 e. The van der Waals surface area contributed by atoms with Gasteiger partial charge in [-0.05, 0) is 13.9 Å². The van der Waals surface area contributed by atoms with Crippen LogP contribution in [0.15, 0.2) is 0 Å². The van der Waals surface area contributed by atoms with Gasteiger partial charge in [0.25, 0.3) is 0 Å². The molecule has 0 aromatic heterocycles. The number of hydrogen-bond acceptors (Lipinski definition) is 3. The minimum absolute atomic E-state index is 0. The van der Waals surface area contributed by atoms with E-state index in [1.54, 1.807) is 0 Å². The summed E-state index contributed by atoms with van der Waals surface area (Å²) in [4.78, 5) is 11.1. The fraction of sp³-hybridized carbons (Fsp3) is 0.500. The number of carboxylic acid groups (broad SMARTS) is 1. The Labute approximate surface area is 152 Å². The van der Waals surface area contributed by atoms with Crippen molar-refractivity contribution in [1.82, 2.24) is 4.81 Å². The summed E-state index contributed by atoms with van der Waals surface area (Å²) >= 11 is 0. The first-order valence-corrected chi connectivity index (χ1v) is 2.52. The van der Waals surface area contributed by atoms with Crippen molar-refractivity contribution in [1.29, 1.82) is 0 Å². The molecule has 0 saturated carbocycles. The van der Waals surface area contributed by atoms with Gasteiger partial charge >= 0.3 is 110 Å².